The van der Waals surface area contributed by atoms with Crippen LogP contribution in [0, 0.1) is 35.5 Å². The molecular weight excluding hydrogens is 388 g/mol. The van der Waals surface area contributed by atoms with Gasteiger partial charge in [-0.15, -0.1) is 0 Å². The van der Waals surface area contributed by atoms with E-state index in [2.05, 4.69) is 10.6 Å². The molecule has 0 aromatic carbocycles. The summed E-state index contributed by atoms with van der Waals surface area (Å²) in [6.07, 6.45) is 4.11. The minimum atomic E-state index is -0.960. The number of carbonyl (C=O) groups excluding carboxylic acids is 2. The summed E-state index contributed by atoms with van der Waals surface area (Å²) >= 11 is 0. The lowest BCUT2D eigenvalue weighted by atomic mass is 9.74. The molecule has 0 radical (unpaired) electrons. The molecule has 4 N–H and O–H groups in total. The molecule has 0 spiro atoms. The Hall–Kier alpha value is -2.12. The predicted octanol–water partition coefficient (Wildman–Crippen LogP) is 2.62. The van der Waals surface area contributed by atoms with Gasteiger partial charge in [-0.2, -0.15) is 0 Å². The molecule has 0 saturated heterocycles. The molecule has 2 amide bonds. The van der Waals surface area contributed by atoms with Crippen LogP contribution in [0.15, 0.2) is 0 Å². The summed E-state index contributed by atoms with van der Waals surface area (Å²) in [5.74, 6) is -4.74. The predicted molar refractivity (Wildman–Crippen MR) is 110 cm³/mol. The lowest BCUT2D eigenvalue weighted by molar-refractivity contribution is -0.150. The molecule has 8 heteroatoms. The summed E-state index contributed by atoms with van der Waals surface area (Å²) in [5, 5.41) is 24.7. The van der Waals surface area contributed by atoms with Crippen molar-refractivity contribution in [3.05, 3.63) is 0 Å². The van der Waals surface area contributed by atoms with Crippen molar-refractivity contribution >= 4 is 23.8 Å². The molecule has 170 valence electrons. The Labute approximate surface area is 178 Å². The number of hydrogen-bond acceptors (Lipinski definition) is 4. The average molecular weight is 425 g/mol. The Kier molecular flexibility index (Phi) is 8.67. The zero-order valence-electron chi connectivity index (χ0n) is 18.2. The van der Waals surface area contributed by atoms with Gasteiger partial charge < -0.3 is 20.8 Å². The van der Waals surface area contributed by atoms with Crippen molar-refractivity contribution in [3.63, 3.8) is 0 Å². The van der Waals surface area contributed by atoms with Crippen LogP contribution >= 0.6 is 0 Å². The summed E-state index contributed by atoms with van der Waals surface area (Å²) in [6.45, 7) is 5.96. The Morgan fingerprint density at radius 1 is 0.767 bits per heavy atom. The zero-order chi connectivity index (χ0) is 22.4. The summed E-state index contributed by atoms with van der Waals surface area (Å²) in [7, 11) is 0. The largest absolute Gasteiger partial charge is 0.481 e. The second kappa shape index (κ2) is 10.8. The maximum atomic E-state index is 12.9. The number of rotatable bonds is 8. The fraction of sp³-hybridized carbons (Fsp3) is 0.818. The van der Waals surface area contributed by atoms with E-state index in [4.69, 9.17) is 0 Å². The highest BCUT2D eigenvalue weighted by molar-refractivity contribution is 5.87. The van der Waals surface area contributed by atoms with Crippen molar-refractivity contribution in [2.24, 2.45) is 35.5 Å². The lowest BCUT2D eigenvalue weighted by Gasteiger charge is -2.34. The van der Waals surface area contributed by atoms with Crippen LogP contribution < -0.4 is 10.6 Å². The molecule has 6 atom stereocenters. The summed E-state index contributed by atoms with van der Waals surface area (Å²) in [6, 6.07) is 0. The molecule has 6 unspecified atom stereocenters. The standard InChI is InChI=1S/C22H36N2O6/c1-4-5-18(23-19(25)16-10-12(2)6-8-14(16)21(27)28)24-20(26)17-11-13(3)7-9-15(17)22(29)30/h12-18H,4-11H2,1-3H3,(H,23,25)(H,24,26)(H,27,28)(H,29,30). The van der Waals surface area contributed by atoms with E-state index in [-0.39, 0.29) is 23.7 Å². The van der Waals surface area contributed by atoms with Crippen LogP contribution in [0.4, 0.5) is 0 Å². The maximum absolute atomic E-state index is 12.9. The third-order valence-corrected chi connectivity index (χ3v) is 6.74. The molecule has 0 bridgehead atoms. The van der Waals surface area contributed by atoms with Crippen LogP contribution in [0.3, 0.4) is 0 Å². The van der Waals surface area contributed by atoms with Gasteiger partial charge in [0.05, 0.1) is 23.7 Å². The van der Waals surface area contributed by atoms with Gasteiger partial charge in [0, 0.05) is 0 Å². The maximum Gasteiger partial charge on any atom is 0.307 e. The molecule has 30 heavy (non-hydrogen) atoms. The van der Waals surface area contributed by atoms with E-state index in [1.54, 1.807) is 0 Å². The van der Waals surface area contributed by atoms with Crippen molar-refractivity contribution < 1.29 is 29.4 Å². The van der Waals surface area contributed by atoms with Crippen molar-refractivity contribution in [2.75, 3.05) is 0 Å². The second-order valence-electron chi connectivity index (χ2n) is 9.30. The quantitative estimate of drug-likeness (QED) is 0.443. The van der Waals surface area contributed by atoms with E-state index in [1.165, 1.54) is 0 Å². The summed E-state index contributed by atoms with van der Waals surface area (Å²) < 4.78 is 0. The highest BCUT2D eigenvalue weighted by Crippen LogP contribution is 2.35. The SMILES string of the molecule is CCCC(NC(=O)C1CC(C)CCC1C(=O)O)NC(=O)C1CC(C)CCC1C(=O)O. The number of carboxylic acids is 2. The minimum absolute atomic E-state index is 0.274. The average Bonchev–Trinajstić information content (AvgIpc) is 2.67. The highest BCUT2D eigenvalue weighted by Gasteiger charge is 2.40. The first kappa shape index (κ1) is 24.2. The molecule has 8 nitrogen and oxygen atoms in total. The molecule has 2 saturated carbocycles. The first-order valence-electron chi connectivity index (χ1n) is 11.2. The van der Waals surface area contributed by atoms with Crippen molar-refractivity contribution in [3.8, 4) is 0 Å². The van der Waals surface area contributed by atoms with E-state index in [0.717, 1.165) is 12.8 Å². The van der Waals surface area contributed by atoms with E-state index in [0.29, 0.717) is 38.5 Å². The van der Waals surface area contributed by atoms with Gasteiger partial charge in [-0.05, 0) is 56.8 Å². The van der Waals surface area contributed by atoms with Gasteiger partial charge in [-0.25, -0.2) is 0 Å². The molecule has 0 heterocycles. The van der Waals surface area contributed by atoms with Crippen LogP contribution in [-0.4, -0.2) is 40.1 Å². The number of carbonyl (C=O) groups is 4. The third-order valence-electron chi connectivity index (χ3n) is 6.74. The molecule has 0 aromatic heterocycles. The fourth-order valence-electron chi connectivity index (χ4n) is 4.96. The molecule has 2 fully saturated rings. The molecular formula is C22H36N2O6. The molecule has 2 aliphatic rings. The highest BCUT2D eigenvalue weighted by atomic mass is 16.4. The first-order chi connectivity index (χ1) is 14.1. The number of carboxylic acid groups (broad SMARTS) is 2. The minimum Gasteiger partial charge on any atom is -0.481 e. The van der Waals surface area contributed by atoms with E-state index < -0.39 is 41.8 Å². The topological polar surface area (TPSA) is 133 Å². The van der Waals surface area contributed by atoms with Gasteiger partial charge in [0.1, 0.15) is 6.17 Å². The van der Waals surface area contributed by atoms with Crippen LogP contribution in [0.1, 0.15) is 72.1 Å². The van der Waals surface area contributed by atoms with E-state index in [9.17, 15) is 29.4 Å². The van der Waals surface area contributed by atoms with Gasteiger partial charge in [-0.1, -0.05) is 27.2 Å². The monoisotopic (exact) mass is 424 g/mol. The van der Waals surface area contributed by atoms with Gasteiger partial charge in [0.15, 0.2) is 0 Å². The molecule has 0 aromatic rings. The smallest absolute Gasteiger partial charge is 0.307 e. The Bertz CT molecular complexity index is 600. The number of amides is 2. The van der Waals surface area contributed by atoms with E-state index in [1.807, 2.05) is 20.8 Å². The zero-order valence-corrected chi connectivity index (χ0v) is 18.2. The molecule has 2 aliphatic carbocycles. The number of nitrogens with one attached hydrogen (secondary N) is 2. The first-order valence-corrected chi connectivity index (χ1v) is 11.2. The Balaban J connectivity index is 2.07. The second-order valence-corrected chi connectivity index (χ2v) is 9.30. The number of hydrogen-bond donors (Lipinski definition) is 4. The Morgan fingerprint density at radius 2 is 1.17 bits per heavy atom. The van der Waals surface area contributed by atoms with Crippen LogP contribution in [0.5, 0.6) is 0 Å². The molecule has 0 aliphatic heterocycles. The van der Waals surface area contributed by atoms with Crippen molar-refractivity contribution in [1.29, 1.82) is 0 Å². The van der Waals surface area contributed by atoms with Gasteiger partial charge in [0.2, 0.25) is 11.8 Å². The summed E-state index contributed by atoms with van der Waals surface area (Å²) in [5.41, 5.74) is 0. The van der Waals surface area contributed by atoms with Gasteiger partial charge >= 0.3 is 11.9 Å². The summed E-state index contributed by atoms with van der Waals surface area (Å²) in [4.78, 5) is 49.0. The van der Waals surface area contributed by atoms with Crippen LogP contribution in [-0.2, 0) is 19.2 Å². The Morgan fingerprint density at radius 3 is 1.50 bits per heavy atom. The fourth-order valence-corrected chi connectivity index (χ4v) is 4.96. The van der Waals surface area contributed by atoms with Gasteiger partial charge in [0.25, 0.3) is 0 Å². The van der Waals surface area contributed by atoms with Crippen LogP contribution in [0.25, 0.3) is 0 Å². The van der Waals surface area contributed by atoms with Gasteiger partial charge in [-0.3, -0.25) is 19.2 Å². The third kappa shape index (κ3) is 6.19. The lowest BCUT2D eigenvalue weighted by Crippen LogP contribution is -2.54. The molecule has 2 rings (SSSR count). The number of aliphatic carboxylic acids is 2. The van der Waals surface area contributed by atoms with Crippen molar-refractivity contribution in [1.82, 2.24) is 10.6 Å². The van der Waals surface area contributed by atoms with E-state index >= 15 is 0 Å². The normalized spacial score (nSPS) is 32.6. The van der Waals surface area contributed by atoms with Crippen molar-refractivity contribution in [2.45, 2.75) is 78.3 Å². The van der Waals surface area contributed by atoms with Crippen LogP contribution in [0.2, 0.25) is 0 Å².